The summed E-state index contributed by atoms with van der Waals surface area (Å²) in [4.78, 5) is 14.4. The monoisotopic (exact) mass is 316 g/mol. The molecule has 2 aromatic rings. The molecule has 0 radical (unpaired) electrons. The third kappa shape index (κ3) is 3.34. The number of benzene rings is 1. The summed E-state index contributed by atoms with van der Waals surface area (Å²) in [6.45, 7) is 5.77. The quantitative estimate of drug-likeness (QED) is 0.941. The molecule has 23 heavy (non-hydrogen) atoms. The number of amides is 2. The van der Waals surface area contributed by atoms with E-state index in [9.17, 15) is 4.79 Å². The number of hydrogen-bond donors (Lipinski definition) is 1. The maximum Gasteiger partial charge on any atom is 0.322 e. The zero-order chi connectivity index (χ0) is 16.2. The number of ether oxygens (including phenoxy) is 1. The van der Waals surface area contributed by atoms with Gasteiger partial charge in [-0.05, 0) is 31.0 Å². The van der Waals surface area contributed by atoms with Gasteiger partial charge in [0, 0.05) is 17.8 Å². The van der Waals surface area contributed by atoms with Gasteiger partial charge in [-0.1, -0.05) is 13.0 Å². The molecule has 1 aliphatic rings. The molecule has 1 aromatic carbocycles. The lowest BCUT2D eigenvalue weighted by molar-refractivity contribution is 0.0144. The molecule has 7 heteroatoms. The Morgan fingerprint density at radius 1 is 1.48 bits per heavy atom. The van der Waals surface area contributed by atoms with Crippen LogP contribution in [0.1, 0.15) is 18.9 Å². The lowest BCUT2D eigenvalue weighted by Crippen LogP contribution is -2.50. The van der Waals surface area contributed by atoms with E-state index in [0.717, 1.165) is 23.2 Å². The van der Waals surface area contributed by atoms with Gasteiger partial charge in [0.1, 0.15) is 0 Å². The molecular formula is C16H20N4O3. The van der Waals surface area contributed by atoms with Crippen LogP contribution in [0.2, 0.25) is 0 Å². The molecule has 1 N–H and O–H groups in total. The summed E-state index contributed by atoms with van der Waals surface area (Å²) < 4.78 is 10.7. The standard InChI is InChI=1S/C16H20N4O3/c1-3-13-9-22-7-6-20(13)16(21)18-14-8-12(5-4-11(14)2)15-19-17-10-23-15/h4-5,8,10,13H,3,6-7,9H2,1-2H3,(H,18,21)/t13-/m1/s1. The minimum absolute atomic E-state index is 0.106. The second-order valence-corrected chi connectivity index (χ2v) is 5.53. The fraction of sp³-hybridized carbons (Fsp3) is 0.438. The summed E-state index contributed by atoms with van der Waals surface area (Å²) in [5, 5.41) is 10.6. The minimum Gasteiger partial charge on any atom is -0.423 e. The Kier molecular flexibility index (Phi) is 4.57. The molecule has 1 fully saturated rings. The van der Waals surface area contributed by atoms with Crippen LogP contribution in [0, 0.1) is 6.92 Å². The number of aromatic nitrogens is 2. The Morgan fingerprint density at radius 2 is 2.35 bits per heavy atom. The minimum atomic E-state index is -0.106. The molecule has 1 saturated heterocycles. The van der Waals surface area contributed by atoms with Gasteiger partial charge in [0.05, 0.1) is 19.3 Å². The zero-order valence-electron chi connectivity index (χ0n) is 13.3. The van der Waals surface area contributed by atoms with E-state index in [1.54, 1.807) is 0 Å². The predicted molar refractivity (Wildman–Crippen MR) is 85.1 cm³/mol. The number of carbonyl (C=O) groups excluding carboxylic acids is 1. The summed E-state index contributed by atoms with van der Waals surface area (Å²) in [6.07, 6.45) is 2.15. The Morgan fingerprint density at radius 3 is 3.09 bits per heavy atom. The van der Waals surface area contributed by atoms with Crippen molar-refractivity contribution >= 4 is 11.7 Å². The average Bonchev–Trinajstić information content (AvgIpc) is 3.11. The van der Waals surface area contributed by atoms with Crippen LogP contribution < -0.4 is 5.32 Å². The fourth-order valence-corrected chi connectivity index (χ4v) is 2.64. The number of aryl methyl sites for hydroxylation is 1. The summed E-state index contributed by atoms with van der Waals surface area (Å²) in [6, 6.07) is 5.67. The molecule has 2 heterocycles. The molecule has 0 spiro atoms. The maximum absolute atomic E-state index is 12.6. The Hall–Kier alpha value is -2.41. The molecule has 0 bridgehead atoms. The highest BCUT2D eigenvalue weighted by Crippen LogP contribution is 2.24. The van der Waals surface area contributed by atoms with Crippen LogP contribution in [0.25, 0.3) is 11.5 Å². The average molecular weight is 316 g/mol. The third-order valence-electron chi connectivity index (χ3n) is 4.05. The summed E-state index contributed by atoms with van der Waals surface area (Å²) in [7, 11) is 0. The van der Waals surface area contributed by atoms with Gasteiger partial charge in [-0.25, -0.2) is 4.79 Å². The van der Waals surface area contributed by atoms with Crippen LogP contribution in [0.3, 0.4) is 0 Å². The number of hydrogen-bond acceptors (Lipinski definition) is 5. The fourth-order valence-electron chi connectivity index (χ4n) is 2.64. The highest BCUT2D eigenvalue weighted by atomic mass is 16.5. The molecule has 2 amide bonds. The van der Waals surface area contributed by atoms with E-state index >= 15 is 0 Å². The van der Waals surface area contributed by atoms with Crippen molar-refractivity contribution in [3.8, 4) is 11.5 Å². The molecule has 1 aromatic heterocycles. The number of carbonyl (C=O) groups is 1. The van der Waals surface area contributed by atoms with E-state index in [1.165, 1.54) is 6.39 Å². The SMILES string of the molecule is CC[C@@H]1COCCN1C(=O)Nc1cc(-c2nnco2)ccc1C. The first kappa shape index (κ1) is 15.5. The molecule has 122 valence electrons. The van der Waals surface area contributed by atoms with Gasteiger partial charge < -0.3 is 19.4 Å². The molecule has 3 rings (SSSR count). The van der Waals surface area contributed by atoms with E-state index < -0.39 is 0 Å². The van der Waals surface area contributed by atoms with E-state index in [1.807, 2.05) is 30.0 Å². The summed E-state index contributed by atoms with van der Waals surface area (Å²) >= 11 is 0. The van der Waals surface area contributed by atoms with E-state index in [2.05, 4.69) is 22.4 Å². The largest absolute Gasteiger partial charge is 0.423 e. The second-order valence-electron chi connectivity index (χ2n) is 5.53. The van der Waals surface area contributed by atoms with Crippen molar-refractivity contribution in [2.75, 3.05) is 25.1 Å². The number of rotatable bonds is 3. The molecule has 0 unspecified atom stereocenters. The van der Waals surface area contributed by atoms with Crippen molar-refractivity contribution in [1.82, 2.24) is 15.1 Å². The topological polar surface area (TPSA) is 80.5 Å². The van der Waals surface area contributed by atoms with E-state index in [4.69, 9.17) is 9.15 Å². The van der Waals surface area contributed by atoms with E-state index in [0.29, 0.717) is 25.6 Å². The zero-order valence-corrected chi connectivity index (χ0v) is 13.3. The first-order valence-electron chi connectivity index (χ1n) is 7.71. The number of nitrogens with one attached hydrogen (secondary N) is 1. The van der Waals surface area contributed by atoms with E-state index in [-0.39, 0.29) is 12.1 Å². The normalized spacial score (nSPS) is 18.0. The highest BCUT2D eigenvalue weighted by molar-refractivity contribution is 5.91. The Bertz CT molecular complexity index is 672. The molecule has 1 atom stereocenters. The smallest absolute Gasteiger partial charge is 0.322 e. The van der Waals surface area contributed by atoms with Crippen LogP contribution in [0.5, 0.6) is 0 Å². The number of morpholine rings is 1. The molecular weight excluding hydrogens is 296 g/mol. The van der Waals surface area contributed by atoms with Gasteiger partial charge in [-0.3, -0.25) is 0 Å². The van der Waals surface area contributed by atoms with Gasteiger partial charge in [-0.15, -0.1) is 10.2 Å². The van der Waals surface area contributed by atoms with Crippen LogP contribution >= 0.6 is 0 Å². The predicted octanol–water partition coefficient (Wildman–Crippen LogP) is 2.69. The van der Waals surface area contributed by atoms with Gasteiger partial charge >= 0.3 is 6.03 Å². The second kappa shape index (κ2) is 6.78. The van der Waals surface area contributed by atoms with Gasteiger partial charge in [-0.2, -0.15) is 0 Å². The highest BCUT2D eigenvalue weighted by Gasteiger charge is 2.26. The van der Waals surface area contributed by atoms with Gasteiger partial charge in [0.15, 0.2) is 0 Å². The Balaban J connectivity index is 1.79. The lowest BCUT2D eigenvalue weighted by Gasteiger charge is -2.35. The van der Waals surface area contributed by atoms with Crippen LogP contribution in [0.4, 0.5) is 10.5 Å². The molecule has 0 aliphatic carbocycles. The Labute approximate surface area is 134 Å². The molecule has 7 nitrogen and oxygen atoms in total. The van der Waals surface area contributed by atoms with Crippen molar-refractivity contribution in [2.24, 2.45) is 0 Å². The number of nitrogens with zero attached hydrogens (tertiary/aromatic N) is 3. The van der Waals surface area contributed by atoms with Crippen molar-refractivity contribution in [3.05, 3.63) is 30.2 Å². The molecule has 1 aliphatic heterocycles. The van der Waals surface area contributed by atoms with Crippen molar-refractivity contribution in [1.29, 1.82) is 0 Å². The van der Waals surface area contributed by atoms with Crippen molar-refractivity contribution in [3.63, 3.8) is 0 Å². The maximum atomic E-state index is 12.6. The number of urea groups is 1. The van der Waals surface area contributed by atoms with Crippen LogP contribution in [0.15, 0.2) is 29.0 Å². The molecule has 0 saturated carbocycles. The third-order valence-corrected chi connectivity index (χ3v) is 4.05. The van der Waals surface area contributed by atoms with Crippen LogP contribution in [-0.4, -0.2) is 46.9 Å². The van der Waals surface area contributed by atoms with Crippen molar-refractivity contribution < 1.29 is 13.9 Å². The van der Waals surface area contributed by atoms with Crippen molar-refractivity contribution in [2.45, 2.75) is 26.3 Å². The summed E-state index contributed by atoms with van der Waals surface area (Å²) in [5.74, 6) is 0.429. The summed E-state index contributed by atoms with van der Waals surface area (Å²) in [5.41, 5.74) is 2.49. The van der Waals surface area contributed by atoms with Gasteiger partial charge in [0.2, 0.25) is 12.3 Å². The first-order chi connectivity index (χ1) is 11.2. The van der Waals surface area contributed by atoms with Gasteiger partial charge in [0.25, 0.3) is 0 Å². The number of anilines is 1. The first-order valence-corrected chi connectivity index (χ1v) is 7.71. The lowest BCUT2D eigenvalue weighted by atomic mass is 10.1. The van der Waals surface area contributed by atoms with Crippen LogP contribution in [-0.2, 0) is 4.74 Å².